The van der Waals surface area contributed by atoms with Crippen LogP contribution in [0.15, 0.2) is 67.0 Å². The van der Waals surface area contributed by atoms with E-state index in [1.807, 2.05) is 0 Å². The summed E-state index contributed by atoms with van der Waals surface area (Å²) in [6, 6.07) is 20.9. The molecule has 6 fully saturated rings. The molecule has 7 aromatic rings. The maximum Gasteiger partial charge on any atom is 0.0728 e. The van der Waals surface area contributed by atoms with Crippen LogP contribution in [0.2, 0.25) is 0 Å². The van der Waals surface area contributed by atoms with Gasteiger partial charge in [0.1, 0.15) is 0 Å². The zero-order chi connectivity index (χ0) is 29.7. The van der Waals surface area contributed by atoms with Gasteiger partial charge in [0.15, 0.2) is 0 Å². The molecule has 4 bridgehead atoms. The lowest BCUT2D eigenvalue weighted by molar-refractivity contribution is -0.147. The van der Waals surface area contributed by atoms with Crippen LogP contribution in [-0.2, 0) is 0 Å². The molecule has 6 saturated carbocycles. The quantitative estimate of drug-likeness (QED) is 0.186. The van der Waals surface area contributed by atoms with Crippen molar-refractivity contribution in [3.05, 3.63) is 89.5 Å². The predicted octanol–water partition coefficient (Wildman–Crippen LogP) is 10.4. The molecule has 3 aromatic carbocycles. The van der Waals surface area contributed by atoms with Gasteiger partial charge < -0.3 is 4.40 Å². The first-order chi connectivity index (χ1) is 23.2. The van der Waals surface area contributed by atoms with Crippen LogP contribution >= 0.6 is 0 Å². The molecule has 4 heterocycles. The molecule has 10 atom stereocenters. The van der Waals surface area contributed by atoms with Crippen LogP contribution in [0.1, 0.15) is 97.6 Å². The minimum Gasteiger partial charge on any atom is -0.305 e. The number of hydrogen-bond acceptors (Lipinski definition) is 2. The first-order valence-electron chi connectivity index (χ1n) is 18.8. The Labute approximate surface area is 272 Å². The minimum atomic E-state index is 0.607. The third-order valence-electron chi connectivity index (χ3n) is 17.1. The van der Waals surface area contributed by atoms with E-state index in [9.17, 15) is 0 Å². The van der Waals surface area contributed by atoms with Crippen LogP contribution in [0.3, 0.4) is 0 Å². The maximum atomic E-state index is 5.50. The van der Waals surface area contributed by atoms with Crippen molar-refractivity contribution in [3.63, 3.8) is 0 Å². The number of nitrogens with zero attached hydrogens (tertiary/aromatic N) is 3. The van der Waals surface area contributed by atoms with Crippen LogP contribution in [0.4, 0.5) is 0 Å². The lowest BCUT2D eigenvalue weighted by atomic mass is 9.37. The van der Waals surface area contributed by atoms with E-state index in [-0.39, 0.29) is 0 Å². The molecule has 226 valence electrons. The van der Waals surface area contributed by atoms with Gasteiger partial charge in [0, 0.05) is 44.8 Å². The Morgan fingerprint density at radius 3 is 1.89 bits per heavy atom. The van der Waals surface area contributed by atoms with Crippen molar-refractivity contribution in [3.8, 4) is 11.1 Å². The highest BCUT2D eigenvalue weighted by atomic mass is 15.0. The van der Waals surface area contributed by atoms with Crippen molar-refractivity contribution in [2.24, 2.45) is 34.5 Å². The van der Waals surface area contributed by atoms with Gasteiger partial charge in [-0.2, -0.15) is 0 Å². The summed E-state index contributed by atoms with van der Waals surface area (Å²) in [5, 5.41) is 8.88. The van der Waals surface area contributed by atoms with E-state index < -0.39 is 0 Å². The molecule has 0 saturated heterocycles. The average Bonchev–Trinajstić information content (AvgIpc) is 3.84. The van der Waals surface area contributed by atoms with E-state index in [0.29, 0.717) is 34.5 Å². The second kappa shape index (κ2) is 6.93. The number of hydrogen-bond donors (Lipinski definition) is 0. The molecule has 3 heteroatoms. The maximum absolute atomic E-state index is 5.50. The Morgan fingerprint density at radius 1 is 0.574 bits per heavy atom. The molecule has 8 aliphatic carbocycles. The van der Waals surface area contributed by atoms with E-state index in [2.05, 4.69) is 71.4 Å². The van der Waals surface area contributed by atoms with E-state index >= 15 is 0 Å². The molecule has 0 radical (unpaired) electrons. The van der Waals surface area contributed by atoms with Crippen LogP contribution in [0, 0.1) is 34.5 Å². The molecular weight excluding hydrogens is 571 g/mol. The number of aromatic nitrogens is 3. The molecule has 0 N–H and O–H groups in total. The third-order valence-corrected chi connectivity index (χ3v) is 17.1. The van der Waals surface area contributed by atoms with Gasteiger partial charge in [-0.25, -0.2) is 0 Å². The summed E-state index contributed by atoms with van der Waals surface area (Å²) < 4.78 is 2.65. The summed E-state index contributed by atoms with van der Waals surface area (Å²) in [7, 11) is 0. The fourth-order valence-corrected chi connectivity index (χ4v) is 15.5. The first kappa shape index (κ1) is 23.4. The summed E-state index contributed by atoms with van der Waals surface area (Å²) in [6.45, 7) is 0. The van der Waals surface area contributed by atoms with Crippen LogP contribution in [0.5, 0.6) is 0 Å². The summed E-state index contributed by atoms with van der Waals surface area (Å²) in [4.78, 5) is 11.0. The topological polar surface area (TPSA) is 30.2 Å². The number of benzene rings is 3. The number of rotatable bonds is 1. The second-order valence-corrected chi connectivity index (χ2v) is 17.7. The van der Waals surface area contributed by atoms with Crippen molar-refractivity contribution in [1.29, 1.82) is 0 Å². The molecule has 2 spiro atoms. The van der Waals surface area contributed by atoms with Gasteiger partial charge >= 0.3 is 0 Å². The average molecular weight is 606 g/mol. The minimum absolute atomic E-state index is 0.607. The predicted molar refractivity (Wildman–Crippen MR) is 186 cm³/mol. The molecule has 4 aromatic heterocycles. The van der Waals surface area contributed by atoms with Gasteiger partial charge in [-0.05, 0) is 137 Å². The van der Waals surface area contributed by atoms with Crippen LogP contribution in [-0.4, -0.2) is 14.4 Å². The molecule has 47 heavy (non-hydrogen) atoms. The van der Waals surface area contributed by atoms with Crippen LogP contribution in [0.25, 0.3) is 60.0 Å². The Bertz CT molecular complexity index is 2670. The van der Waals surface area contributed by atoms with Crippen molar-refractivity contribution < 1.29 is 0 Å². The molecule has 15 rings (SSSR count). The summed E-state index contributed by atoms with van der Waals surface area (Å²) in [5.41, 5.74) is 14.3. The zero-order valence-corrected chi connectivity index (χ0v) is 26.5. The molecule has 0 aliphatic heterocycles. The highest BCUT2D eigenvalue weighted by molar-refractivity contribution is 6.33. The summed E-state index contributed by atoms with van der Waals surface area (Å²) >= 11 is 0. The Morgan fingerprint density at radius 2 is 1.21 bits per heavy atom. The number of pyridine rings is 2. The molecule has 10 unspecified atom stereocenters. The Kier molecular flexibility index (Phi) is 3.44. The Balaban J connectivity index is 1.15. The van der Waals surface area contributed by atoms with Crippen molar-refractivity contribution in [2.45, 2.75) is 75.0 Å². The Hall–Kier alpha value is -3.98. The molecule has 0 amide bonds. The van der Waals surface area contributed by atoms with Crippen molar-refractivity contribution in [2.75, 3.05) is 0 Å². The first-order valence-corrected chi connectivity index (χ1v) is 18.8. The van der Waals surface area contributed by atoms with Crippen molar-refractivity contribution >= 4 is 48.9 Å². The van der Waals surface area contributed by atoms with Crippen LogP contribution < -0.4 is 0 Å². The highest BCUT2D eigenvalue weighted by Crippen LogP contribution is 2.83. The zero-order valence-electron chi connectivity index (χ0n) is 26.5. The number of fused-ring (bicyclic) bond motifs is 18. The second-order valence-electron chi connectivity index (χ2n) is 17.7. The monoisotopic (exact) mass is 605 g/mol. The fraction of sp³-hybridized carbons (Fsp3) is 0.409. The molecule has 8 aliphatic rings. The SMILES string of the molecule is c1ccc(-c2cccc3c2cc2c4c5c(ncc4n4c6cnc7c(c6c3c24)C2CC3CC4CC7C34C2)C2CC3CC4CC5CC432)cc1. The molecule has 3 nitrogen and oxygen atoms in total. The normalized spacial score (nSPS) is 39.0. The lowest BCUT2D eigenvalue weighted by Gasteiger charge is -2.67. The van der Waals surface area contributed by atoms with E-state index in [1.165, 1.54) is 123 Å². The van der Waals surface area contributed by atoms with Gasteiger partial charge in [0.2, 0.25) is 0 Å². The van der Waals surface area contributed by atoms with E-state index in [1.54, 1.807) is 11.1 Å². The summed E-state index contributed by atoms with van der Waals surface area (Å²) in [6.07, 6.45) is 15.9. The largest absolute Gasteiger partial charge is 0.305 e. The summed E-state index contributed by atoms with van der Waals surface area (Å²) in [5.74, 6) is 6.57. The van der Waals surface area contributed by atoms with E-state index in [4.69, 9.17) is 9.97 Å². The fourth-order valence-electron chi connectivity index (χ4n) is 15.5. The van der Waals surface area contributed by atoms with Gasteiger partial charge in [-0.1, -0.05) is 48.5 Å². The van der Waals surface area contributed by atoms with Gasteiger partial charge in [0.05, 0.1) is 28.9 Å². The third kappa shape index (κ3) is 2.12. The standard InChI is InChI=1S/C44H35N3/c1-2-5-20(6-3-1)27-7-4-8-28-29(27)15-30-37-33(18-45-40-31-13-25-11-23-9-21(35(37)40)16-43(23,25)31)47-34-19-46-41-32-14-26-12-24-10-22(17-44(24,26)32)36(41)39(34)38(28)42(30)47/h1-8,15,18-19,21-26,31-32H,9-14,16-17H2. The highest BCUT2D eigenvalue weighted by Gasteiger charge is 2.74. The van der Waals surface area contributed by atoms with Crippen molar-refractivity contribution in [1.82, 2.24) is 14.4 Å². The van der Waals surface area contributed by atoms with Gasteiger partial charge in [0.25, 0.3) is 0 Å². The van der Waals surface area contributed by atoms with E-state index in [0.717, 1.165) is 23.7 Å². The van der Waals surface area contributed by atoms with Gasteiger partial charge in [-0.15, -0.1) is 0 Å². The van der Waals surface area contributed by atoms with Gasteiger partial charge in [-0.3, -0.25) is 9.97 Å². The lowest BCUT2D eigenvalue weighted by Crippen LogP contribution is -2.59. The smallest absolute Gasteiger partial charge is 0.0728 e. The molecular formula is C44H35N3.